The highest BCUT2D eigenvalue weighted by molar-refractivity contribution is 8.22. The number of β-lactam (4-membered cyclic amide) rings is 1. The number of thioether (sulfide) groups is 2. The highest BCUT2D eigenvalue weighted by Crippen LogP contribution is 2.53. The number of fused-ring (bicyclic) bond motifs is 1. The molecule has 0 aromatic heterocycles. The Balaban J connectivity index is 2.20. The third kappa shape index (κ3) is 2.98. The van der Waals surface area contributed by atoms with Gasteiger partial charge in [0.2, 0.25) is 5.91 Å². The van der Waals surface area contributed by atoms with Gasteiger partial charge in [-0.3, -0.25) is 9.69 Å². The molecule has 0 unspecified atom stereocenters. The minimum absolute atomic E-state index is 0.0256. The largest absolute Gasteiger partial charge is 0.457 e. The van der Waals surface area contributed by atoms with Gasteiger partial charge >= 0.3 is 5.97 Å². The Morgan fingerprint density at radius 2 is 2.38 bits per heavy atom. The van der Waals surface area contributed by atoms with Crippen molar-refractivity contribution in [2.45, 2.75) is 18.4 Å². The molecule has 0 bridgehead atoms. The first-order valence-electron chi connectivity index (χ1n) is 6.46. The number of ether oxygens (including phenoxy) is 1. The summed E-state index contributed by atoms with van der Waals surface area (Å²) in [5, 5.41) is 18.3. The molecule has 6 nitrogen and oxygen atoms in total. The lowest BCUT2D eigenvalue weighted by Gasteiger charge is -2.43. The van der Waals surface area contributed by atoms with Crippen molar-refractivity contribution in [3.8, 4) is 0 Å². The summed E-state index contributed by atoms with van der Waals surface area (Å²) in [6, 6.07) is 0. The van der Waals surface area contributed by atoms with Gasteiger partial charge < -0.3 is 14.9 Å². The molecule has 1 amide bonds. The minimum atomic E-state index is -0.765. The molecular weight excluding hydrogens is 314 g/mol. The zero-order valence-electron chi connectivity index (χ0n) is 11.5. The molecule has 2 N–H and O–H groups in total. The van der Waals surface area contributed by atoms with Crippen LogP contribution in [0.5, 0.6) is 0 Å². The van der Waals surface area contributed by atoms with Gasteiger partial charge in [0.1, 0.15) is 12.0 Å². The van der Waals surface area contributed by atoms with E-state index < -0.39 is 18.0 Å². The molecule has 1 saturated heterocycles. The van der Waals surface area contributed by atoms with Crippen LogP contribution in [-0.4, -0.2) is 57.4 Å². The van der Waals surface area contributed by atoms with E-state index in [2.05, 4.69) is 6.58 Å². The fourth-order valence-electron chi connectivity index (χ4n) is 2.18. The van der Waals surface area contributed by atoms with Crippen LogP contribution in [0.15, 0.2) is 22.6 Å². The Labute approximate surface area is 131 Å². The lowest BCUT2D eigenvalue weighted by atomic mass is 9.92. The third-order valence-electron chi connectivity index (χ3n) is 3.12. The van der Waals surface area contributed by atoms with Crippen molar-refractivity contribution in [1.82, 2.24) is 4.90 Å². The summed E-state index contributed by atoms with van der Waals surface area (Å²) in [7, 11) is 0. The zero-order chi connectivity index (χ0) is 15.6. The van der Waals surface area contributed by atoms with Crippen LogP contribution in [0.4, 0.5) is 0 Å². The van der Waals surface area contributed by atoms with Crippen LogP contribution in [-0.2, 0) is 14.3 Å². The first-order chi connectivity index (χ1) is 10.0. The average molecular weight is 331 g/mol. The summed E-state index contributed by atoms with van der Waals surface area (Å²) in [5.41, 5.74) is 0.215. The Kier molecular flexibility index (Phi) is 5.37. The van der Waals surface area contributed by atoms with E-state index in [1.54, 1.807) is 6.92 Å². The molecule has 3 atom stereocenters. The molecule has 0 saturated carbocycles. The van der Waals surface area contributed by atoms with Crippen molar-refractivity contribution < 1.29 is 24.5 Å². The quantitative estimate of drug-likeness (QED) is 0.399. The van der Waals surface area contributed by atoms with E-state index in [0.29, 0.717) is 9.99 Å². The summed E-state index contributed by atoms with van der Waals surface area (Å²) in [6.45, 7) is 5.08. The fraction of sp³-hybridized carbons (Fsp3) is 0.538. The van der Waals surface area contributed by atoms with Crippen LogP contribution in [0, 0.1) is 5.92 Å². The van der Waals surface area contributed by atoms with E-state index in [-0.39, 0.29) is 30.2 Å². The van der Waals surface area contributed by atoms with Crippen molar-refractivity contribution in [1.29, 1.82) is 0 Å². The number of aliphatic hydroxyl groups excluding tert-OH is 2. The predicted octanol–water partition coefficient (Wildman–Crippen LogP) is 0.522. The minimum Gasteiger partial charge on any atom is -0.457 e. The molecule has 0 radical (unpaired) electrons. The summed E-state index contributed by atoms with van der Waals surface area (Å²) in [4.78, 5) is 25.6. The van der Waals surface area contributed by atoms with Crippen molar-refractivity contribution in [2.24, 2.45) is 5.92 Å². The molecule has 116 valence electrons. The molecule has 8 heteroatoms. The van der Waals surface area contributed by atoms with Crippen LogP contribution in [0.25, 0.3) is 0 Å². The van der Waals surface area contributed by atoms with Crippen LogP contribution >= 0.6 is 23.5 Å². The average Bonchev–Trinajstić information content (AvgIpc) is 2.76. The smallest absolute Gasteiger partial charge is 0.357 e. The highest BCUT2D eigenvalue weighted by atomic mass is 32.2. The first kappa shape index (κ1) is 16.4. The van der Waals surface area contributed by atoms with Crippen molar-refractivity contribution >= 4 is 35.4 Å². The van der Waals surface area contributed by atoms with Gasteiger partial charge in [0.05, 0.1) is 22.9 Å². The Morgan fingerprint density at radius 1 is 1.67 bits per heavy atom. The van der Waals surface area contributed by atoms with Crippen LogP contribution in [0.1, 0.15) is 6.92 Å². The number of amides is 1. The summed E-state index contributed by atoms with van der Waals surface area (Å²) < 4.78 is 5.67. The number of esters is 1. The summed E-state index contributed by atoms with van der Waals surface area (Å²) in [6.07, 6.45) is 0.689. The standard InChI is InChI=1S/C13H17NO5S2/c1-3-5-19-12(18)9-13(20-6-4-15)21-11-8(7(2)16)10(17)14(9)11/h3,7-8,11,15-16H,1,4-6H2,2H3/t7-,8+,11-/m1/s1. The van der Waals surface area contributed by atoms with Gasteiger partial charge in [-0.1, -0.05) is 24.4 Å². The van der Waals surface area contributed by atoms with E-state index in [0.717, 1.165) is 0 Å². The van der Waals surface area contributed by atoms with Crippen LogP contribution in [0.3, 0.4) is 0 Å². The molecule has 21 heavy (non-hydrogen) atoms. The first-order valence-corrected chi connectivity index (χ1v) is 8.33. The monoisotopic (exact) mass is 331 g/mol. The van der Waals surface area contributed by atoms with Gasteiger partial charge in [-0.2, -0.15) is 0 Å². The number of hydrogen-bond donors (Lipinski definition) is 2. The molecule has 0 aromatic rings. The summed E-state index contributed by atoms with van der Waals surface area (Å²) >= 11 is 2.67. The second-order valence-electron chi connectivity index (χ2n) is 4.58. The van der Waals surface area contributed by atoms with E-state index in [1.807, 2.05) is 0 Å². The number of nitrogens with zero attached hydrogens (tertiary/aromatic N) is 1. The maximum atomic E-state index is 12.1. The van der Waals surface area contributed by atoms with Gasteiger partial charge in [0.25, 0.3) is 0 Å². The normalized spacial score (nSPS) is 25.5. The summed E-state index contributed by atoms with van der Waals surface area (Å²) in [5.74, 6) is -0.936. The Bertz CT molecular complexity index is 491. The number of carbonyl (C=O) groups is 2. The van der Waals surface area contributed by atoms with Gasteiger partial charge in [-0.05, 0) is 6.92 Å². The molecule has 2 heterocycles. The Morgan fingerprint density at radius 3 is 2.95 bits per heavy atom. The topological polar surface area (TPSA) is 87.1 Å². The fourth-order valence-corrected chi connectivity index (χ4v) is 4.91. The van der Waals surface area contributed by atoms with Crippen molar-refractivity contribution in [3.05, 3.63) is 22.6 Å². The number of carbonyl (C=O) groups excluding carboxylic acids is 2. The van der Waals surface area contributed by atoms with E-state index >= 15 is 0 Å². The van der Waals surface area contributed by atoms with Crippen molar-refractivity contribution in [2.75, 3.05) is 19.0 Å². The number of rotatable bonds is 7. The number of aliphatic hydroxyl groups is 2. The van der Waals surface area contributed by atoms with Crippen LogP contribution < -0.4 is 0 Å². The lowest BCUT2D eigenvalue weighted by Crippen LogP contribution is -2.60. The van der Waals surface area contributed by atoms with Crippen LogP contribution in [0.2, 0.25) is 0 Å². The van der Waals surface area contributed by atoms with E-state index in [1.165, 1.54) is 34.5 Å². The highest BCUT2D eigenvalue weighted by Gasteiger charge is 2.57. The number of hydrogen-bond acceptors (Lipinski definition) is 7. The molecule has 2 aliphatic heterocycles. The Hall–Kier alpha value is -0.960. The predicted molar refractivity (Wildman–Crippen MR) is 81.1 cm³/mol. The van der Waals surface area contributed by atoms with Gasteiger partial charge in [-0.15, -0.1) is 11.8 Å². The van der Waals surface area contributed by atoms with Gasteiger partial charge in [0, 0.05) is 5.75 Å². The molecule has 0 aromatic carbocycles. The maximum Gasteiger partial charge on any atom is 0.357 e. The molecule has 2 rings (SSSR count). The van der Waals surface area contributed by atoms with E-state index in [9.17, 15) is 14.7 Å². The third-order valence-corrected chi connectivity index (χ3v) is 5.75. The van der Waals surface area contributed by atoms with Gasteiger partial charge in [0.15, 0.2) is 5.70 Å². The van der Waals surface area contributed by atoms with Crippen molar-refractivity contribution in [3.63, 3.8) is 0 Å². The maximum absolute atomic E-state index is 12.1. The second-order valence-corrected chi connectivity index (χ2v) is 7.07. The molecule has 1 fully saturated rings. The van der Waals surface area contributed by atoms with Gasteiger partial charge in [-0.25, -0.2) is 4.79 Å². The molecule has 0 aliphatic carbocycles. The lowest BCUT2D eigenvalue weighted by molar-refractivity contribution is -0.157. The SMILES string of the molecule is C=CCOC(=O)C1=C(SCCO)S[C@@H]2[C@@H]([C@@H](C)O)C(=O)N12. The second kappa shape index (κ2) is 6.87. The van der Waals surface area contributed by atoms with E-state index in [4.69, 9.17) is 9.84 Å². The zero-order valence-corrected chi connectivity index (χ0v) is 13.2. The molecule has 2 aliphatic rings. The molecule has 0 spiro atoms. The molecular formula is C13H17NO5S2.